The first kappa shape index (κ1) is 11.9. The fourth-order valence-electron chi connectivity index (χ4n) is 2.73. The Hall–Kier alpha value is -1.94. The van der Waals surface area contributed by atoms with E-state index < -0.39 is 0 Å². The smallest absolute Gasteiger partial charge is 0.231 e. The Labute approximate surface area is 124 Å². The zero-order valence-electron chi connectivity index (χ0n) is 10.8. The van der Waals surface area contributed by atoms with Crippen molar-refractivity contribution in [2.75, 3.05) is 13.9 Å². The molecule has 0 fully saturated rings. The van der Waals surface area contributed by atoms with E-state index in [-0.39, 0.29) is 6.79 Å². The summed E-state index contributed by atoms with van der Waals surface area (Å²) in [7, 11) is 1.68. The van der Waals surface area contributed by atoms with Crippen LogP contribution in [0.4, 0.5) is 0 Å². The highest BCUT2D eigenvalue weighted by atomic mass is 79.9. The first-order chi connectivity index (χ1) is 9.79. The molecule has 1 aliphatic rings. The van der Waals surface area contributed by atoms with Crippen LogP contribution < -0.4 is 14.2 Å². The van der Waals surface area contributed by atoms with E-state index in [1.54, 1.807) is 7.11 Å². The maximum Gasteiger partial charge on any atom is 0.231 e. The lowest BCUT2D eigenvalue weighted by Crippen LogP contribution is -1.93. The molecule has 20 heavy (non-hydrogen) atoms. The first-order valence-electron chi connectivity index (χ1n) is 6.27. The highest BCUT2D eigenvalue weighted by Gasteiger charge is 2.21. The second-order valence-electron chi connectivity index (χ2n) is 4.64. The van der Waals surface area contributed by atoms with Gasteiger partial charge in [-0.15, -0.1) is 0 Å². The quantitative estimate of drug-likeness (QED) is 0.615. The van der Waals surface area contributed by atoms with Crippen molar-refractivity contribution in [3.8, 4) is 17.2 Å². The van der Waals surface area contributed by atoms with Gasteiger partial charge in [0.1, 0.15) is 5.75 Å². The molecule has 1 heterocycles. The third-order valence-corrected chi connectivity index (χ3v) is 4.28. The van der Waals surface area contributed by atoms with Crippen molar-refractivity contribution in [3.05, 3.63) is 40.9 Å². The van der Waals surface area contributed by atoms with Gasteiger partial charge in [0.25, 0.3) is 0 Å². The molecule has 3 aromatic rings. The molecule has 0 bridgehead atoms. The SMILES string of the molecule is COc1cccc2c1ccc1c(Br)cc3c(c12)OCO3. The Kier molecular flexibility index (Phi) is 2.54. The Balaban J connectivity index is 2.24. The molecule has 4 rings (SSSR count). The summed E-state index contributed by atoms with van der Waals surface area (Å²) in [6, 6.07) is 12.1. The Morgan fingerprint density at radius 3 is 2.75 bits per heavy atom. The summed E-state index contributed by atoms with van der Waals surface area (Å²) in [5.41, 5.74) is 0. The van der Waals surface area contributed by atoms with Crippen LogP contribution in [0.1, 0.15) is 0 Å². The van der Waals surface area contributed by atoms with Gasteiger partial charge >= 0.3 is 0 Å². The Bertz CT molecular complexity index is 842. The van der Waals surface area contributed by atoms with E-state index in [0.717, 1.165) is 43.3 Å². The molecule has 0 aromatic heterocycles. The van der Waals surface area contributed by atoms with Crippen molar-refractivity contribution in [2.45, 2.75) is 0 Å². The van der Waals surface area contributed by atoms with E-state index in [1.807, 2.05) is 18.2 Å². The predicted octanol–water partition coefficient (Wildman–Crippen LogP) is 4.49. The maximum atomic E-state index is 5.66. The van der Waals surface area contributed by atoms with E-state index in [4.69, 9.17) is 14.2 Å². The van der Waals surface area contributed by atoms with Gasteiger partial charge in [-0.1, -0.05) is 34.1 Å². The summed E-state index contributed by atoms with van der Waals surface area (Å²) in [5, 5.41) is 4.33. The van der Waals surface area contributed by atoms with Crippen LogP contribution >= 0.6 is 15.9 Å². The van der Waals surface area contributed by atoms with Gasteiger partial charge in [0.2, 0.25) is 6.79 Å². The van der Waals surface area contributed by atoms with Crippen molar-refractivity contribution in [2.24, 2.45) is 0 Å². The minimum absolute atomic E-state index is 0.265. The lowest BCUT2D eigenvalue weighted by Gasteiger charge is -2.11. The third-order valence-electron chi connectivity index (χ3n) is 3.63. The normalized spacial score (nSPS) is 13.1. The van der Waals surface area contributed by atoms with Gasteiger partial charge in [0.05, 0.1) is 7.11 Å². The summed E-state index contributed by atoms with van der Waals surface area (Å²) >= 11 is 3.60. The molecular weight excluding hydrogens is 320 g/mol. The molecule has 0 saturated carbocycles. The number of rotatable bonds is 1. The zero-order chi connectivity index (χ0) is 13.7. The van der Waals surface area contributed by atoms with Gasteiger partial charge in [-0.3, -0.25) is 0 Å². The standard InChI is InChI=1S/C16H11BrO3/c1-18-13-4-2-3-10-9(13)5-6-11-12(17)7-14-16(15(10)11)20-8-19-14/h2-7H,8H2,1H3. The van der Waals surface area contributed by atoms with Crippen molar-refractivity contribution < 1.29 is 14.2 Å². The van der Waals surface area contributed by atoms with E-state index in [2.05, 4.69) is 34.1 Å². The summed E-state index contributed by atoms with van der Waals surface area (Å²) in [6.07, 6.45) is 0. The highest BCUT2D eigenvalue weighted by Crippen LogP contribution is 2.46. The fraction of sp³-hybridized carbons (Fsp3) is 0.125. The molecule has 4 heteroatoms. The van der Waals surface area contributed by atoms with Gasteiger partial charge in [0.15, 0.2) is 11.5 Å². The number of fused-ring (bicyclic) bond motifs is 5. The van der Waals surface area contributed by atoms with Crippen molar-refractivity contribution >= 4 is 37.5 Å². The van der Waals surface area contributed by atoms with E-state index in [1.165, 1.54) is 0 Å². The van der Waals surface area contributed by atoms with E-state index in [9.17, 15) is 0 Å². The topological polar surface area (TPSA) is 27.7 Å². The number of halogens is 1. The molecule has 0 N–H and O–H groups in total. The minimum atomic E-state index is 0.265. The molecule has 0 amide bonds. The van der Waals surface area contributed by atoms with Crippen LogP contribution in [0.25, 0.3) is 21.5 Å². The van der Waals surface area contributed by atoms with E-state index in [0.29, 0.717) is 0 Å². The van der Waals surface area contributed by atoms with Crippen molar-refractivity contribution in [1.29, 1.82) is 0 Å². The number of benzene rings is 3. The number of methoxy groups -OCH3 is 1. The summed E-state index contributed by atoms with van der Waals surface area (Å²) in [6.45, 7) is 0.265. The molecule has 100 valence electrons. The van der Waals surface area contributed by atoms with Crippen LogP contribution in [-0.4, -0.2) is 13.9 Å². The number of hydrogen-bond donors (Lipinski definition) is 0. The molecule has 0 aliphatic carbocycles. The molecule has 3 nitrogen and oxygen atoms in total. The fourth-order valence-corrected chi connectivity index (χ4v) is 3.27. The highest BCUT2D eigenvalue weighted by molar-refractivity contribution is 9.10. The molecule has 0 saturated heterocycles. The van der Waals surface area contributed by atoms with Crippen LogP contribution in [-0.2, 0) is 0 Å². The number of hydrogen-bond acceptors (Lipinski definition) is 3. The number of ether oxygens (including phenoxy) is 3. The molecule has 0 radical (unpaired) electrons. The third kappa shape index (κ3) is 1.51. The van der Waals surface area contributed by atoms with Crippen molar-refractivity contribution in [1.82, 2.24) is 0 Å². The van der Waals surface area contributed by atoms with Gasteiger partial charge in [-0.2, -0.15) is 0 Å². The maximum absolute atomic E-state index is 5.66. The summed E-state index contributed by atoms with van der Waals surface area (Å²) in [5.74, 6) is 2.44. The molecular formula is C16H11BrO3. The second-order valence-corrected chi connectivity index (χ2v) is 5.49. The largest absolute Gasteiger partial charge is 0.496 e. The second kappa shape index (κ2) is 4.28. The van der Waals surface area contributed by atoms with Gasteiger partial charge in [0, 0.05) is 20.6 Å². The van der Waals surface area contributed by atoms with Crippen LogP contribution in [0.3, 0.4) is 0 Å². The van der Waals surface area contributed by atoms with Gasteiger partial charge in [-0.25, -0.2) is 0 Å². The van der Waals surface area contributed by atoms with E-state index >= 15 is 0 Å². The molecule has 0 unspecified atom stereocenters. The van der Waals surface area contributed by atoms with Crippen LogP contribution in [0.15, 0.2) is 40.9 Å². The van der Waals surface area contributed by atoms with Gasteiger partial charge < -0.3 is 14.2 Å². The van der Waals surface area contributed by atoms with Crippen LogP contribution in [0, 0.1) is 0 Å². The van der Waals surface area contributed by atoms with Crippen molar-refractivity contribution in [3.63, 3.8) is 0 Å². The molecule has 0 spiro atoms. The molecule has 1 aliphatic heterocycles. The lowest BCUT2D eigenvalue weighted by molar-refractivity contribution is 0.175. The summed E-state index contributed by atoms with van der Waals surface area (Å²) < 4.78 is 17.6. The van der Waals surface area contributed by atoms with Crippen LogP contribution in [0.2, 0.25) is 0 Å². The minimum Gasteiger partial charge on any atom is -0.496 e. The summed E-state index contributed by atoms with van der Waals surface area (Å²) in [4.78, 5) is 0. The molecule has 0 atom stereocenters. The monoisotopic (exact) mass is 330 g/mol. The molecule has 3 aromatic carbocycles. The van der Waals surface area contributed by atoms with Crippen LogP contribution in [0.5, 0.6) is 17.2 Å². The average Bonchev–Trinajstić information content (AvgIpc) is 2.94. The zero-order valence-corrected chi connectivity index (χ0v) is 12.4. The lowest BCUT2D eigenvalue weighted by atomic mass is 10.0. The first-order valence-corrected chi connectivity index (χ1v) is 7.06. The Morgan fingerprint density at radius 1 is 1.05 bits per heavy atom. The Morgan fingerprint density at radius 2 is 1.90 bits per heavy atom. The average molecular weight is 331 g/mol. The predicted molar refractivity (Wildman–Crippen MR) is 81.8 cm³/mol. The van der Waals surface area contributed by atoms with Gasteiger partial charge in [-0.05, 0) is 23.6 Å².